The molecule has 3 nitrogen and oxygen atoms in total. The summed E-state index contributed by atoms with van der Waals surface area (Å²) in [5.41, 5.74) is 1.30. The van der Waals surface area contributed by atoms with Crippen molar-refractivity contribution in [3.63, 3.8) is 0 Å². The number of ether oxygens (including phenoxy) is 1. The van der Waals surface area contributed by atoms with Gasteiger partial charge in [-0.15, -0.1) is 11.8 Å². The number of fused-ring (bicyclic) bond motifs is 1. The molecule has 0 aromatic heterocycles. The number of alkyl halides is 3. The minimum absolute atomic E-state index is 0.358. The molecule has 0 spiro atoms. The Hall–Kier alpha value is -2.15. The van der Waals surface area contributed by atoms with Gasteiger partial charge in [-0.3, -0.25) is 4.79 Å². The van der Waals surface area contributed by atoms with Crippen LogP contribution in [0.5, 0.6) is 5.75 Å². The van der Waals surface area contributed by atoms with Crippen molar-refractivity contribution in [2.45, 2.75) is 23.6 Å². The van der Waals surface area contributed by atoms with Crippen LogP contribution in [0.25, 0.3) is 0 Å². The Kier molecular flexibility index (Phi) is 4.71. The molecule has 1 atom stereocenters. The maximum absolute atomic E-state index is 12.4. The van der Waals surface area contributed by atoms with Crippen molar-refractivity contribution in [3.8, 4) is 5.75 Å². The summed E-state index contributed by atoms with van der Waals surface area (Å²) in [5.74, 6) is -0.714. The van der Waals surface area contributed by atoms with Gasteiger partial charge in [0, 0.05) is 11.3 Å². The quantitative estimate of drug-likeness (QED) is 0.834. The van der Waals surface area contributed by atoms with Crippen LogP contribution in [0.15, 0.2) is 53.4 Å². The van der Waals surface area contributed by atoms with E-state index in [0.717, 1.165) is 5.56 Å². The first-order valence-electron chi connectivity index (χ1n) is 7.26. The lowest BCUT2D eigenvalue weighted by molar-refractivity contribution is -0.122. The Morgan fingerprint density at radius 3 is 2.62 bits per heavy atom. The molecular formula is C17H14F3NO2S. The highest BCUT2D eigenvalue weighted by atomic mass is 32.2. The van der Waals surface area contributed by atoms with E-state index in [2.05, 4.69) is 5.32 Å². The van der Waals surface area contributed by atoms with Gasteiger partial charge in [0.15, 0.2) is 6.10 Å². The second-order valence-corrected chi connectivity index (χ2v) is 6.32. The molecule has 24 heavy (non-hydrogen) atoms. The fourth-order valence-electron chi connectivity index (χ4n) is 2.40. The molecule has 0 radical (unpaired) electrons. The fraction of sp³-hybridized carbons (Fsp3) is 0.235. The van der Waals surface area contributed by atoms with Gasteiger partial charge in [0.1, 0.15) is 5.75 Å². The average molecular weight is 353 g/mol. The minimum atomic E-state index is -4.27. The van der Waals surface area contributed by atoms with Crippen molar-refractivity contribution in [2.75, 3.05) is 11.1 Å². The van der Waals surface area contributed by atoms with Crippen molar-refractivity contribution in [1.82, 2.24) is 0 Å². The van der Waals surface area contributed by atoms with E-state index in [1.54, 1.807) is 30.3 Å². The van der Waals surface area contributed by atoms with Crippen LogP contribution in [0.1, 0.15) is 5.56 Å². The summed E-state index contributed by atoms with van der Waals surface area (Å²) in [5, 5.41) is 2.67. The molecule has 2 aromatic rings. The summed E-state index contributed by atoms with van der Waals surface area (Å²) in [4.78, 5) is 12.7. The molecule has 1 aliphatic heterocycles. The molecule has 0 saturated carbocycles. The lowest BCUT2D eigenvalue weighted by Crippen LogP contribution is -2.31. The van der Waals surface area contributed by atoms with Crippen LogP contribution < -0.4 is 10.1 Å². The van der Waals surface area contributed by atoms with E-state index in [0.29, 0.717) is 34.5 Å². The standard InChI is InChI=1S/C17H14F3NO2S/c18-17(19,20)10-24-15-8-4-2-6-12(15)21-16(22)14-9-11-5-1-3-7-13(11)23-14/h1-8,14H,9-10H2,(H,21,22). The van der Waals surface area contributed by atoms with Gasteiger partial charge in [-0.05, 0) is 23.8 Å². The van der Waals surface area contributed by atoms with Gasteiger partial charge in [-0.1, -0.05) is 30.3 Å². The van der Waals surface area contributed by atoms with Gasteiger partial charge < -0.3 is 10.1 Å². The second kappa shape index (κ2) is 6.76. The molecule has 1 N–H and O–H groups in total. The zero-order valence-electron chi connectivity index (χ0n) is 12.5. The van der Waals surface area contributed by atoms with Crippen LogP contribution in [-0.4, -0.2) is 23.9 Å². The number of carbonyl (C=O) groups excluding carboxylic acids is 1. The third-order valence-electron chi connectivity index (χ3n) is 3.48. The van der Waals surface area contributed by atoms with Crippen molar-refractivity contribution in [1.29, 1.82) is 0 Å². The van der Waals surface area contributed by atoms with Crippen LogP contribution in [0.4, 0.5) is 18.9 Å². The first kappa shape index (κ1) is 16.7. The van der Waals surface area contributed by atoms with Crippen LogP contribution in [-0.2, 0) is 11.2 Å². The molecular weight excluding hydrogens is 339 g/mol. The molecule has 1 heterocycles. The zero-order valence-corrected chi connectivity index (χ0v) is 13.3. The van der Waals surface area contributed by atoms with E-state index in [-0.39, 0.29) is 5.91 Å². The number of hydrogen-bond acceptors (Lipinski definition) is 3. The molecule has 0 saturated heterocycles. The number of carbonyl (C=O) groups is 1. The summed E-state index contributed by atoms with van der Waals surface area (Å²) in [6.45, 7) is 0. The molecule has 7 heteroatoms. The van der Waals surface area contributed by atoms with Crippen molar-refractivity contribution in [3.05, 3.63) is 54.1 Å². The molecule has 0 bridgehead atoms. The topological polar surface area (TPSA) is 38.3 Å². The number of rotatable bonds is 4. The lowest BCUT2D eigenvalue weighted by atomic mass is 10.1. The van der Waals surface area contributed by atoms with Crippen LogP contribution in [0.3, 0.4) is 0 Å². The molecule has 0 fully saturated rings. The van der Waals surface area contributed by atoms with Crippen molar-refractivity contribution in [2.24, 2.45) is 0 Å². The van der Waals surface area contributed by atoms with Crippen molar-refractivity contribution >= 4 is 23.4 Å². The monoisotopic (exact) mass is 353 g/mol. The average Bonchev–Trinajstić information content (AvgIpc) is 2.97. The Morgan fingerprint density at radius 1 is 1.17 bits per heavy atom. The van der Waals surface area contributed by atoms with Gasteiger partial charge in [-0.2, -0.15) is 13.2 Å². The van der Waals surface area contributed by atoms with Crippen molar-refractivity contribution < 1.29 is 22.7 Å². The van der Waals surface area contributed by atoms with E-state index in [9.17, 15) is 18.0 Å². The first-order valence-corrected chi connectivity index (χ1v) is 8.25. The second-order valence-electron chi connectivity index (χ2n) is 5.31. The molecule has 1 amide bonds. The van der Waals surface area contributed by atoms with Crippen LogP contribution >= 0.6 is 11.8 Å². The highest BCUT2D eigenvalue weighted by Gasteiger charge is 2.30. The van der Waals surface area contributed by atoms with Gasteiger partial charge >= 0.3 is 6.18 Å². The number of benzene rings is 2. The number of nitrogens with one attached hydrogen (secondary N) is 1. The smallest absolute Gasteiger partial charge is 0.398 e. The Balaban J connectivity index is 1.67. The van der Waals surface area contributed by atoms with Gasteiger partial charge in [0.2, 0.25) is 0 Å². The van der Waals surface area contributed by atoms with E-state index in [1.807, 2.05) is 18.2 Å². The maximum atomic E-state index is 12.4. The minimum Gasteiger partial charge on any atom is -0.480 e. The summed E-state index contributed by atoms with van der Waals surface area (Å²) >= 11 is 0.645. The molecule has 2 aromatic carbocycles. The highest BCUT2D eigenvalue weighted by Crippen LogP contribution is 2.33. The molecule has 126 valence electrons. The van der Waals surface area contributed by atoms with Gasteiger partial charge in [-0.25, -0.2) is 0 Å². The summed E-state index contributed by atoms with van der Waals surface area (Å²) in [6, 6.07) is 13.8. The Morgan fingerprint density at radius 2 is 1.88 bits per heavy atom. The predicted molar refractivity (Wildman–Crippen MR) is 86.4 cm³/mol. The number of thioether (sulfide) groups is 1. The van der Waals surface area contributed by atoms with Gasteiger partial charge in [0.25, 0.3) is 5.91 Å². The number of para-hydroxylation sites is 2. The van der Waals surface area contributed by atoms with Crippen LogP contribution in [0, 0.1) is 0 Å². The fourth-order valence-corrected chi connectivity index (χ4v) is 3.17. The van der Waals surface area contributed by atoms with E-state index >= 15 is 0 Å². The highest BCUT2D eigenvalue weighted by molar-refractivity contribution is 7.99. The summed E-state index contributed by atoms with van der Waals surface area (Å²) in [7, 11) is 0. The van der Waals surface area contributed by atoms with Crippen LogP contribution in [0.2, 0.25) is 0 Å². The zero-order chi connectivity index (χ0) is 17.2. The lowest BCUT2D eigenvalue weighted by Gasteiger charge is -2.14. The predicted octanol–water partition coefficient (Wildman–Crippen LogP) is 4.28. The molecule has 3 rings (SSSR count). The summed E-state index contributed by atoms with van der Waals surface area (Å²) in [6.07, 6.45) is -4.50. The summed E-state index contributed by atoms with van der Waals surface area (Å²) < 4.78 is 42.8. The van der Waals surface area contributed by atoms with E-state index in [4.69, 9.17) is 4.74 Å². The third kappa shape index (κ3) is 4.03. The molecule has 1 unspecified atom stereocenters. The number of amides is 1. The van der Waals surface area contributed by atoms with E-state index in [1.165, 1.54) is 0 Å². The molecule has 1 aliphatic rings. The maximum Gasteiger partial charge on any atom is 0.398 e. The number of anilines is 1. The SMILES string of the molecule is O=C(Nc1ccccc1SCC(F)(F)F)C1Cc2ccccc2O1. The Labute approximate surface area is 141 Å². The third-order valence-corrected chi connectivity index (χ3v) is 4.61. The van der Waals surface area contributed by atoms with E-state index < -0.39 is 18.0 Å². The normalized spacial score (nSPS) is 16.4. The number of hydrogen-bond donors (Lipinski definition) is 1. The molecule has 0 aliphatic carbocycles. The first-order chi connectivity index (χ1) is 11.4. The Bertz CT molecular complexity index is 724. The van der Waals surface area contributed by atoms with Gasteiger partial charge in [0.05, 0.1) is 11.4 Å². The largest absolute Gasteiger partial charge is 0.480 e. The number of halogens is 3.